The highest BCUT2D eigenvalue weighted by molar-refractivity contribution is 7.90. The molecule has 3 rings (SSSR count). The summed E-state index contributed by atoms with van der Waals surface area (Å²) in [7, 11) is -0.0199. The molecule has 0 aliphatic carbocycles. The van der Waals surface area contributed by atoms with Gasteiger partial charge in [0.25, 0.3) is 5.89 Å². The zero-order valence-corrected chi connectivity index (χ0v) is 19.7. The van der Waals surface area contributed by atoms with Gasteiger partial charge in [-0.3, -0.25) is 4.79 Å². The first-order valence-electron chi connectivity index (χ1n) is 9.56. The molecule has 0 spiro atoms. The number of ether oxygens (including phenoxy) is 1. The van der Waals surface area contributed by atoms with E-state index in [4.69, 9.17) is 20.9 Å². The summed E-state index contributed by atoms with van der Waals surface area (Å²) in [5.74, 6) is -1.40. The molecule has 0 unspecified atom stereocenters. The van der Waals surface area contributed by atoms with Crippen LogP contribution in [-0.2, 0) is 32.1 Å². The molecule has 0 amide bonds. The van der Waals surface area contributed by atoms with Crippen LogP contribution in [-0.4, -0.2) is 72.7 Å². The van der Waals surface area contributed by atoms with Gasteiger partial charge in [-0.2, -0.15) is 23.3 Å². The maximum Gasteiger partial charge on any atom is 0.436 e. The Hall–Kier alpha value is -2.97. The summed E-state index contributed by atoms with van der Waals surface area (Å²) < 4.78 is 74.6. The van der Waals surface area contributed by atoms with Crippen LogP contribution in [0.25, 0.3) is 23.0 Å². The third-order valence-electron chi connectivity index (χ3n) is 4.39. The highest BCUT2D eigenvalue weighted by Crippen LogP contribution is 2.39. The quantitative estimate of drug-likeness (QED) is 0.412. The van der Waals surface area contributed by atoms with Crippen LogP contribution in [0.4, 0.5) is 13.2 Å². The van der Waals surface area contributed by atoms with Crippen molar-refractivity contribution in [3.63, 3.8) is 0 Å². The van der Waals surface area contributed by atoms with Crippen molar-refractivity contribution in [2.45, 2.75) is 17.6 Å². The second-order valence-electron chi connectivity index (χ2n) is 7.41. The summed E-state index contributed by atoms with van der Waals surface area (Å²) in [5.41, 5.74) is -1.63. The summed E-state index contributed by atoms with van der Waals surface area (Å²) in [6.07, 6.45) is -3.90. The van der Waals surface area contributed by atoms with E-state index in [0.717, 1.165) is 6.26 Å². The van der Waals surface area contributed by atoms with Crippen molar-refractivity contribution in [2.75, 3.05) is 33.5 Å². The monoisotopic (exact) mass is 521 g/mol. The molecular formula is C19H19ClF3N5O5S. The summed E-state index contributed by atoms with van der Waals surface area (Å²) in [6, 6.07) is 5.56. The molecule has 184 valence electrons. The Balaban J connectivity index is 1.99. The topological polar surface area (TPSA) is 120 Å². The molecule has 2 heterocycles. The number of carbonyl (C=O) groups is 1. The number of nitrogens with zero attached hydrogens (tertiary/aromatic N) is 5. The molecule has 0 aliphatic heterocycles. The highest BCUT2D eigenvalue weighted by Gasteiger charge is 2.40. The van der Waals surface area contributed by atoms with Gasteiger partial charge in [0.15, 0.2) is 15.5 Å². The van der Waals surface area contributed by atoms with E-state index >= 15 is 0 Å². The number of halogens is 4. The summed E-state index contributed by atoms with van der Waals surface area (Å²) in [5, 5.41) is 6.25. The molecule has 2 aromatic heterocycles. The van der Waals surface area contributed by atoms with E-state index in [9.17, 15) is 26.4 Å². The fourth-order valence-corrected chi connectivity index (χ4v) is 3.75. The van der Waals surface area contributed by atoms with Crippen LogP contribution in [0.3, 0.4) is 0 Å². The predicted molar refractivity (Wildman–Crippen MR) is 114 cm³/mol. The predicted octanol–water partition coefficient (Wildman–Crippen LogP) is 2.78. The number of hydrogen-bond donors (Lipinski definition) is 0. The first-order chi connectivity index (χ1) is 15.8. The summed E-state index contributed by atoms with van der Waals surface area (Å²) >= 11 is 5.96. The molecule has 0 fully saturated rings. The zero-order chi connectivity index (χ0) is 25.3. The van der Waals surface area contributed by atoms with Crippen LogP contribution in [0.5, 0.6) is 0 Å². The largest absolute Gasteiger partial charge is 0.463 e. The van der Waals surface area contributed by atoms with E-state index in [1.54, 1.807) is 19.0 Å². The number of likely N-dealkylation sites (N-methyl/N-ethyl adjacent to an activating group) is 1. The molecule has 0 radical (unpaired) electrons. The minimum Gasteiger partial charge on any atom is -0.463 e. The fraction of sp³-hybridized carbons (Fsp3) is 0.368. The Labute approximate surface area is 197 Å². The van der Waals surface area contributed by atoms with E-state index in [2.05, 4.69) is 15.2 Å². The molecule has 0 bridgehead atoms. The molecular weight excluding hydrogens is 503 g/mol. The van der Waals surface area contributed by atoms with Crippen molar-refractivity contribution in [2.24, 2.45) is 0 Å². The molecule has 0 saturated heterocycles. The lowest BCUT2D eigenvalue weighted by Gasteiger charge is -2.10. The lowest BCUT2D eigenvalue weighted by atomic mass is 10.2. The normalized spacial score (nSPS) is 12.4. The van der Waals surface area contributed by atoms with E-state index in [1.807, 2.05) is 0 Å². The Morgan fingerprint density at radius 1 is 1.29 bits per heavy atom. The van der Waals surface area contributed by atoms with E-state index < -0.39 is 44.9 Å². The molecule has 15 heteroatoms. The third kappa shape index (κ3) is 5.93. The van der Waals surface area contributed by atoms with Crippen LogP contribution in [0.1, 0.15) is 5.69 Å². The lowest BCUT2D eigenvalue weighted by molar-refractivity contribution is -0.146. The number of alkyl halides is 3. The van der Waals surface area contributed by atoms with Crippen molar-refractivity contribution in [1.82, 2.24) is 24.8 Å². The second kappa shape index (κ2) is 9.72. The van der Waals surface area contributed by atoms with Crippen LogP contribution < -0.4 is 0 Å². The van der Waals surface area contributed by atoms with Crippen LogP contribution >= 0.6 is 11.6 Å². The van der Waals surface area contributed by atoms with Crippen LogP contribution in [0, 0.1) is 0 Å². The lowest BCUT2D eigenvalue weighted by Crippen LogP contribution is -2.22. The summed E-state index contributed by atoms with van der Waals surface area (Å²) in [6.45, 7) is -0.260. The maximum absolute atomic E-state index is 13.4. The van der Waals surface area contributed by atoms with Gasteiger partial charge >= 0.3 is 12.1 Å². The van der Waals surface area contributed by atoms with E-state index in [-0.39, 0.29) is 28.8 Å². The average Bonchev–Trinajstić information content (AvgIpc) is 3.31. The Morgan fingerprint density at radius 3 is 2.62 bits per heavy atom. The smallest absolute Gasteiger partial charge is 0.436 e. The van der Waals surface area contributed by atoms with Gasteiger partial charge in [-0.05, 0) is 32.3 Å². The second-order valence-corrected chi connectivity index (χ2v) is 9.81. The molecule has 10 nitrogen and oxygen atoms in total. The van der Waals surface area contributed by atoms with Crippen molar-refractivity contribution in [1.29, 1.82) is 0 Å². The molecule has 0 saturated carbocycles. The Kier molecular flexibility index (Phi) is 7.33. The standard InChI is InChI=1S/C19H19ClF3N5O5S/c1-27(2)7-8-32-13(29)10-28-15(14(20)16(25-28)19(21,22)23)17-24-18(33-26-17)11-5-4-6-12(9-11)34(3,30)31/h4-6,9H,7-8,10H2,1-3H3. The summed E-state index contributed by atoms with van der Waals surface area (Å²) in [4.78, 5) is 17.9. The SMILES string of the molecule is CN(C)CCOC(=O)Cn1nc(C(F)(F)F)c(Cl)c1-c1noc(-c2cccc(S(C)(=O)=O)c2)n1. The molecule has 3 aromatic rings. The minimum absolute atomic E-state index is 0.0192. The van der Waals surface area contributed by atoms with Crippen LogP contribution in [0.15, 0.2) is 33.7 Å². The van der Waals surface area contributed by atoms with Gasteiger partial charge < -0.3 is 14.2 Å². The number of esters is 1. The van der Waals surface area contributed by atoms with E-state index in [0.29, 0.717) is 11.2 Å². The van der Waals surface area contributed by atoms with Gasteiger partial charge in [0, 0.05) is 18.4 Å². The number of hydrogen-bond acceptors (Lipinski definition) is 9. The maximum atomic E-state index is 13.4. The number of rotatable bonds is 8. The van der Waals surface area contributed by atoms with Crippen LogP contribution in [0.2, 0.25) is 5.02 Å². The minimum atomic E-state index is -4.91. The van der Waals surface area contributed by atoms with Gasteiger partial charge in [0.2, 0.25) is 5.82 Å². The van der Waals surface area contributed by atoms with Gasteiger partial charge in [0.1, 0.15) is 23.9 Å². The van der Waals surface area contributed by atoms with Gasteiger partial charge in [0.05, 0.1) is 4.90 Å². The first-order valence-corrected chi connectivity index (χ1v) is 11.8. The third-order valence-corrected chi connectivity index (χ3v) is 5.86. The fourth-order valence-electron chi connectivity index (χ4n) is 2.76. The number of sulfone groups is 1. The highest BCUT2D eigenvalue weighted by atomic mass is 35.5. The molecule has 0 N–H and O–H groups in total. The number of aromatic nitrogens is 4. The van der Waals surface area contributed by atoms with Gasteiger partial charge in [-0.1, -0.05) is 22.8 Å². The van der Waals surface area contributed by atoms with Crippen molar-refractivity contribution in [3.8, 4) is 23.0 Å². The Bertz CT molecular complexity index is 1300. The Morgan fingerprint density at radius 2 is 2.00 bits per heavy atom. The van der Waals surface area contributed by atoms with Crippen molar-refractivity contribution in [3.05, 3.63) is 35.0 Å². The van der Waals surface area contributed by atoms with Gasteiger partial charge in [-0.15, -0.1) is 0 Å². The van der Waals surface area contributed by atoms with Gasteiger partial charge in [-0.25, -0.2) is 13.1 Å². The van der Waals surface area contributed by atoms with E-state index in [1.165, 1.54) is 24.3 Å². The number of carbonyl (C=O) groups excluding carboxylic acids is 1. The zero-order valence-electron chi connectivity index (χ0n) is 18.1. The molecule has 0 aliphatic rings. The molecule has 1 aromatic carbocycles. The number of benzene rings is 1. The molecule has 34 heavy (non-hydrogen) atoms. The van der Waals surface area contributed by atoms with Crippen molar-refractivity contribution >= 4 is 27.4 Å². The average molecular weight is 522 g/mol. The first kappa shape index (κ1) is 25.6. The van der Waals surface area contributed by atoms with Crippen molar-refractivity contribution < 1.29 is 35.6 Å². The molecule has 0 atom stereocenters.